The smallest absolute Gasteiger partial charge is 0.261 e. The zero-order valence-corrected chi connectivity index (χ0v) is 10.5. The maximum Gasteiger partial charge on any atom is 0.261 e. The molecule has 1 aromatic heterocycles. The van der Waals surface area contributed by atoms with E-state index in [0.717, 1.165) is 24.3 Å². The molecule has 4 nitrogen and oxygen atoms in total. The molecule has 0 unspecified atom stereocenters. The van der Waals surface area contributed by atoms with Gasteiger partial charge in [0.25, 0.3) is 5.89 Å². The summed E-state index contributed by atoms with van der Waals surface area (Å²) in [5, 5.41) is 3.59. The highest BCUT2D eigenvalue weighted by Crippen LogP contribution is 2.26. The zero-order chi connectivity index (χ0) is 15.0. The number of rotatable bonds is 2. The summed E-state index contributed by atoms with van der Waals surface area (Å²) >= 11 is 0. The molecule has 0 saturated heterocycles. The summed E-state index contributed by atoms with van der Waals surface area (Å²) in [6, 6.07) is 6.70. The lowest BCUT2D eigenvalue weighted by Crippen LogP contribution is -1.90. The number of hydrogen-bond donors (Lipinski definition) is 1. The van der Waals surface area contributed by atoms with Crippen molar-refractivity contribution in [3.8, 4) is 22.8 Å². The Bertz CT molecular complexity index is 797. The molecule has 0 amide bonds. The molecule has 0 aliphatic heterocycles. The fraction of sp³-hybridized carbons (Fsp3) is 0. The summed E-state index contributed by atoms with van der Waals surface area (Å²) < 4.78 is 44.9. The van der Waals surface area contributed by atoms with E-state index >= 15 is 0 Å². The highest BCUT2D eigenvalue weighted by Gasteiger charge is 2.15. The Balaban J connectivity index is 2.05. The van der Waals surface area contributed by atoms with Crippen molar-refractivity contribution in [1.82, 2.24) is 10.1 Å². The maximum atomic E-state index is 13.7. The largest absolute Gasteiger partial charge is 0.399 e. The van der Waals surface area contributed by atoms with Crippen LogP contribution >= 0.6 is 0 Å². The minimum atomic E-state index is -0.772. The SMILES string of the molecule is Nc1ccc(F)c(-c2nc(-c3cc(F)cc(F)c3)no2)c1. The van der Waals surface area contributed by atoms with Crippen molar-refractivity contribution in [2.75, 3.05) is 5.73 Å². The van der Waals surface area contributed by atoms with Gasteiger partial charge in [0.05, 0.1) is 5.56 Å². The second kappa shape index (κ2) is 4.93. The Morgan fingerprint density at radius 2 is 1.67 bits per heavy atom. The van der Waals surface area contributed by atoms with Crippen LogP contribution in [0.25, 0.3) is 22.8 Å². The minimum Gasteiger partial charge on any atom is -0.399 e. The van der Waals surface area contributed by atoms with Crippen molar-refractivity contribution in [2.45, 2.75) is 0 Å². The van der Waals surface area contributed by atoms with Gasteiger partial charge in [0.15, 0.2) is 0 Å². The summed E-state index contributed by atoms with van der Waals surface area (Å²) in [7, 11) is 0. The number of hydrogen-bond acceptors (Lipinski definition) is 4. The highest BCUT2D eigenvalue weighted by atomic mass is 19.1. The molecule has 0 aliphatic rings. The monoisotopic (exact) mass is 291 g/mol. The van der Waals surface area contributed by atoms with E-state index < -0.39 is 17.5 Å². The molecule has 21 heavy (non-hydrogen) atoms. The van der Waals surface area contributed by atoms with Crippen LogP contribution in [0.2, 0.25) is 0 Å². The first-order valence-electron chi connectivity index (χ1n) is 5.88. The third-order valence-electron chi connectivity index (χ3n) is 2.77. The molecular formula is C14H8F3N3O. The van der Waals surface area contributed by atoms with E-state index in [1.165, 1.54) is 12.1 Å². The number of aromatic nitrogens is 2. The van der Waals surface area contributed by atoms with Gasteiger partial charge < -0.3 is 10.3 Å². The summed E-state index contributed by atoms with van der Waals surface area (Å²) in [5.74, 6) is -2.31. The van der Waals surface area contributed by atoms with E-state index in [0.29, 0.717) is 5.69 Å². The van der Waals surface area contributed by atoms with Crippen LogP contribution in [-0.2, 0) is 0 Å². The molecule has 3 aromatic rings. The van der Waals surface area contributed by atoms with Gasteiger partial charge in [-0.2, -0.15) is 4.98 Å². The van der Waals surface area contributed by atoms with Crippen LogP contribution in [0.3, 0.4) is 0 Å². The molecule has 2 N–H and O–H groups in total. The van der Waals surface area contributed by atoms with E-state index in [9.17, 15) is 13.2 Å². The van der Waals surface area contributed by atoms with Crippen LogP contribution in [0.1, 0.15) is 0 Å². The topological polar surface area (TPSA) is 64.9 Å². The fourth-order valence-electron chi connectivity index (χ4n) is 1.84. The van der Waals surface area contributed by atoms with Crippen molar-refractivity contribution in [1.29, 1.82) is 0 Å². The van der Waals surface area contributed by atoms with Gasteiger partial charge in [-0.1, -0.05) is 5.16 Å². The quantitative estimate of drug-likeness (QED) is 0.735. The second-order valence-corrected chi connectivity index (χ2v) is 4.32. The molecule has 106 valence electrons. The van der Waals surface area contributed by atoms with E-state index in [1.807, 2.05) is 0 Å². The third-order valence-corrected chi connectivity index (χ3v) is 2.77. The van der Waals surface area contributed by atoms with Gasteiger partial charge in [-0.05, 0) is 30.3 Å². The van der Waals surface area contributed by atoms with E-state index in [2.05, 4.69) is 10.1 Å². The summed E-state index contributed by atoms with van der Waals surface area (Å²) in [6.45, 7) is 0. The van der Waals surface area contributed by atoms with Gasteiger partial charge in [0.2, 0.25) is 5.82 Å². The first-order valence-corrected chi connectivity index (χ1v) is 5.88. The molecule has 0 radical (unpaired) electrons. The van der Waals surface area contributed by atoms with Crippen molar-refractivity contribution < 1.29 is 17.7 Å². The lowest BCUT2D eigenvalue weighted by molar-refractivity contribution is 0.429. The van der Waals surface area contributed by atoms with Crippen molar-refractivity contribution in [2.24, 2.45) is 0 Å². The van der Waals surface area contributed by atoms with Gasteiger partial charge in [0.1, 0.15) is 17.5 Å². The maximum absolute atomic E-state index is 13.7. The number of benzene rings is 2. The molecule has 7 heteroatoms. The number of nitrogens with two attached hydrogens (primary N) is 1. The minimum absolute atomic E-state index is 0.0191. The van der Waals surface area contributed by atoms with Crippen LogP contribution in [0.15, 0.2) is 40.9 Å². The van der Waals surface area contributed by atoms with Gasteiger partial charge >= 0.3 is 0 Å². The Morgan fingerprint density at radius 3 is 2.38 bits per heavy atom. The van der Waals surface area contributed by atoms with E-state index in [-0.39, 0.29) is 22.8 Å². The lowest BCUT2D eigenvalue weighted by atomic mass is 10.2. The van der Waals surface area contributed by atoms with Gasteiger partial charge in [-0.25, -0.2) is 13.2 Å². The first kappa shape index (κ1) is 13.2. The fourth-order valence-corrected chi connectivity index (χ4v) is 1.84. The molecule has 0 fully saturated rings. The molecule has 2 aromatic carbocycles. The van der Waals surface area contributed by atoms with Gasteiger partial charge in [-0.15, -0.1) is 0 Å². The molecule has 1 heterocycles. The molecule has 0 atom stereocenters. The van der Waals surface area contributed by atoms with Gasteiger partial charge in [0, 0.05) is 17.3 Å². The van der Waals surface area contributed by atoms with Crippen LogP contribution in [0, 0.1) is 17.5 Å². The number of halogens is 3. The third kappa shape index (κ3) is 2.58. The highest BCUT2D eigenvalue weighted by molar-refractivity contribution is 5.63. The van der Waals surface area contributed by atoms with Crippen molar-refractivity contribution in [3.63, 3.8) is 0 Å². The van der Waals surface area contributed by atoms with Crippen LogP contribution < -0.4 is 5.73 Å². The van der Waals surface area contributed by atoms with E-state index in [1.54, 1.807) is 0 Å². The standard InChI is InChI=1S/C14H8F3N3O/c15-8-3-7(4-9(16)5-8)13-19-14(21-20-13)11-6-10(18)1-2-12(11)17/h1-6H,18H2. The zero-order valence-electron chi connectivity index (χ0n) is 10.5. The summed E-state index contributed by atoms with van der Waals surface area (Å²) in [5.41, 5.74) is 6.00. The van der Waals surface area contributed by atoms with Crippen LogP contribution in [0.5, 0.6) is 0 Å². The lowest BCUT2D eigenvalue weighted by Gasteiger charge is -1.98. The van der Waals surface area contributed by atoms with Crippen LogP contribution in [0.4, 0.5) is 18.9 Å². The predicted octanol–water partition coefficient (Wildman–Crippen LogP) is 3.40. The Labute approximate surface area is 117 Å². The molecule has 0 bridgehead atoms. The number of anilines is 1. The molecule has 3 rings (SSSR count). The second-order valence-electron chi connectivity index (χ2n) is 4.32. The molecule has 0 spiro atoms. The summed E-state index contributed by atoms with van der Waals surface area (Å²) in [6.07, 6.45) is 0. The predicted molar refractivity (Wildman–Crippen MR) is 69.5 cm³/mol. The normalized spacial score (nSPS) is 10.8. The average Bonchev–Trinajstić information content (AvgIpc) is 2.90. The molecule has 0 aliphatic carbocycles. The molecular weight excluding hydrogens is 283 g/mol. The summed E-state index contributed by atoms with van der Waals surface area (Å²) in [4.78, 5) is 3.93. The van der Waals surface area contributed by atoms with E-state index in [4.69, 9.17) is 10.3 Å². The first-order chi connectivity index (χ1) is 10.0. The Morgan fingerprint density at radius 1 is 0.952 bits per heavy atom. The number of nitrogens with zero attached hydrogens (tertiary/aromatic N) is 2. The van der Waals surface area contributed by atoms with Gasteiger partial charge in [-0.3, -0.25) is 0 Å². The molecule has 0 saturated carbocycles. The average molecular weight is 291 g/mol. The Hall–Kier alpha value is -2.83. The van der Waals surface area contributed by atoms with Crippen molar-refractivity contribution in [3.05, 3.63) is 53.8 Å². The Kier molecular flexibility index (Phi) is 3.09. The number of nitrogen functional groups attached to an aromatic ring is 1. The van der Waals surface area contributed by atoms with Crippen molar-refractivity contribution >= 4 is 5.69 Å². The van der Waals surface area contributed by atoms with Crippen LogP contribution in [-0.4, -0.2) is 10.1 Å².